The fourth-order valence-electron chi connectivity index (χ4n) is 2.10. The van der Waals surface area contributed by atoms with Crippen molar-refractivity contribution in [2.24, 2.45) is 0 Å². The number of alkyl halides is 3. The molecule has 0 saturated carbocycles. The molecule has 0 fully saturated rings. The monoisotopic (exact) mass is 395 g/mol. The lowest BCUT2D eigenvalue weighted by molar-refractivity contribution is -0.384. The smallest absolute Gasteiger partial charge is 0.321 e. The lowest BCUT2D eigenvalue weighted by Crippen LogP contribution is -2.17. The van der Waals surface area contributed by atoms with Gasteiger partial charge in [0.2, 0.25) is 0 Å². The molecular formula is C17H9ClF3N3O3. The Balaban J connectivity index is 2.36. The Hall–Kier alpha value is -3.38. The van der Waals surface area contributed by atoms with Crippen molar-refractivity contribution in [1.82, 2.24) is 0 Å². The Morgan fingerprint density at radius 2 is 1.93 bits per heavy atom. The SMILES string of the molecule is N#CC(=Cc1ccc(Cl)c([N+](=O)[O-])c1)C(=O)Nc1ccccc1C(F)(F)F. The highest BCUT2D eigenvalue weighted by atomic mass is 35.5. The number of para-hydroxylation sites is 1. The van der Waals surface area contributed by atoms with Gasteiger partial charge < -0.3 is 5.32 Å². The fraction of sp³-hybridized carbons (Fsp3) is 0.0588. The summed E-state index contributed by atoms with van der Waals surface area (Å²) in [6.45, 7) is 0. The van der Waals surface area contributed by atoms with Crippen molar-refractivity contribution >= 4 is 35.0 Å². The van der Waals surface area contributed by atoms with Crippen molar-refractivity contribution in [2.75, 3.05) is 5.32 Å². The molecule has 0 aromatic heterocycles. The van der Waals surface area contributed by atoms with E-state index in [9.17, 15) is 28.1 Å². The molecule has 0 spiro atoms. The number of hydrogen-bond acceptors (Lipinski definition) is 4. The molecule has 0 radical (unpaired) electrons. The molecule has 2 aromatic rings. The number of nitro benzene ring substituents is 1. The van der Waals surface area contributed by atoms with Crippen LogP contribution >= 0.6 is 11.6 Å². The van der Waals surface area contributed by atoms with Gasteiger partial charge >= 0.3 is 6.18 Å². The molecule has 2 rings (SSSR count). The number of nitrogens with one attached hydrogen (secondary N) is 1. The summed E-state index contributed by atoms with van der Waals surface area (Å²) in [6.07, 6.45) is -3.69. The summed E-state index contributed by atoms with van der Waals surface area (Å²) in [5, 5.41) is 21.9. The summed E-state index contributed by atoms with van der Waals surface area (Å²) in [4.78, 5) is 22.3. The van der Waals surface area contributed by atoms with Crippen LogP contribution in [-0.2, 0) is 11.0 Å². The first kappa shape index (κ1) is 19.9. The number of halogens is 4. The molecule has 27 heavy (non-hydrogen) atoms. The van der Waals surface area contributed by atoms with Crippen molar-refractivity contribution in [3.8, 4) is 6.07 Å². The summed E-state index contributed by atoms with van der Waals surface area (Å²) in [7, 11) is 0. The average Bonchev–Trinajstić information content (AvgIpc) is 2.60. The van der Waals surface area contributed by atoms with E-state index in [4.69, 9.17) is 16.9 Å². The highest BCUT2D eigenvalue weighted by Gasteiger charge is 2.33. The number of carbonyl (C=O) groups is 1. The largest absolute Gasteiger partial charge is 0.418 e. The van der Waals surface area contributed by atoms with E-state index in [-0.39, 0.29) is 10.6 Å². The van der Waals surface area contributed by atoms with E-state index in [1.165, 1.54) is 18.2 Å². The minimum Gasteiger partial charge on any atom is -0.321 e. The van der Waals surface area contributed by atoms with Crippen molar-refractivity contribution in [3.05, 3.63) is 74.3 Å². The highest BCUT2D eigenvalue weighted by molar-refractivity contribution is 6.32. The van der Waals surface area contributed by atoms with Gasteiger partial charge in [0.15, 0.2) is 0 Å². The second-order valence-electron chi connectivity index (χ2n) is 5.14. The van der Waals surface area contributed by atoms with Gasteiger partial charge in [-0.05, 0) is 29.8 Å². The van der Waals surface area contributed by atoms with E-state index < -0.39 is 39.5 Å². The van der Waals surface area contributed by atoms with Crippen LogP contribution < -0.4 is 5.32 Å². The molecule has 1 N–H and O–H groups in total. The molecular weight excluding hydrogens is 387 g/mol. The third kappa shape index (κ3) is 4.83. The topological polar surface area (TPSA) is 96.0 Å². The van der Waals surface area contributed by atoms with E-state index in [0.29, 0.717) is 0 Å². The molecule has 6 nitrogen and oxygen atoms in total. The zero-order valence-corrected chi connectivity index (χ0v) is 14.0. The summed E-state index contributed by atoms with van der Waals surface area (Å²) >= 11 is 5.68. The van der Waals surface area contributed by atoms with Gasteiger partial charge in [0, 0.05) is 6.07 Å². The normalized spacial score (nSPS) is 11.6. The molecule has 0 bridgehead atoms. The fourth-order valence-corrected chi connectivity index (χ4v) is 2.29. The van der Waals surface area contributed by atoms with E-state index in [1.54, 1.807) is 6.07 Å². The van der Waals surface area contributed by atoms with Crippen LogP contribution in [0, 0.1) is 21.4 Å². The maximum absolute atomic E-state index is 13.0. The number of amides is 1. The minimum atomic E-state index is -4.70. The predicted molar refractivity (Wildman–Crippen MR) is 91.8 cm³/mol. The number of nitro groups is 1. The zero-order chi connectivity index (χ0) is 20.2. The summed E-state index contributed by atoms with van der Waals surface area (Å²) in [5.41, 5.74) is -2.45. The second kappa shape index (κ2) is 7.88. The molecule has 0 atom stereocenters. The number of benzene rings is 2. The quantitative estimate of drug-likeness (QED) is 0.347. The van der Waals surface area contributed by atoms with Gasteiger partial charge in [-0.3, -0.25) is 14.9 Å². The Bertz CT molecular complexity index is 981. The van der Waals surface area contributed by atoms with E-state index in [2.05, 4.69) is 0 Å². The molecule has 0 aliphatic carbocycles. The Labute approximate surface area is 155 Å². The first-order valence-electron chi connectivity index (χ1n) is 7.17. The summed E-state index contributed by atoms with van der Waals surface area (Å²) in [5.74, 6) is -1.09. The van der Waals surface area contributed by atoms with Crippen molar-refractivity contribution in [3.63, 3.8) is 0 Å². The van der Waals surface area contributed by atoms with Crippen molar-refractivity contribution < 1.29 is 22.9 Å². The second-order valence-corrected chi connectivity index (χ2v) is 5.54. The molecule has 0 aliphatic rings. The summed E-state index contributed by atoms with van der Waals surface area (Å²) < 4.78 is 38.9. The van der Waals surface area contributed by atoms with Crippen molar-refractivity contribution in [2.45, 2.75) is 6.18 Å². The Morgan fingerprint density at radius 3 is 2.52 bits per heavy atom. The molecule has 1 amide bonds. The number of hydrogen-bond donors (Lipinski definition) is 1. The number of anilines is 1. The highest BCUT2D eigenvalue weighted by Crippen LogP contribution is 2.34. The van der Waals surface area contributed by atoms with Crippen LogP contribution in [0.4, 0.5) is 24.5 Å². The first-order chi connectivity index (χ1) is 12.6. The third-order valence-corrected chi connectivity index (χ3v) is 3.64. The van der Waals surface area contributed by atoms with E-state index >= 15 is 0 Å². The lowest BCUT2D eigenvalue weighted by Gasteiger charge is -2.13. The zero-order valence-electron chi connectivity index (χ0n) is 13.2. The average molecular weight is 396 g/mol. The maximum atomic E-state index is 13.0. The van der Waals surface area contributed by atoms with Crippen LogP contribution in [-0.4, -0.2) is 10.8 Å². The van der Waals surface area contributed by atoms with Gasteiger partial charge in [0.1, 0.15) is 16.7 Å². The molecule has 2 aromatic carbocycles. The van der Waals surface area contributed by atoms with Gasteiger partial charge in [0.05, 0.1) is 16.2 Å². The predicted octanol–water partition coefficient (Wildman–Crippen LogP) is 4.81. The molecule has 0 unspecified atom stereocenters. The Kier molecular flexibility index (Phi) is 5.82. The molecule has 10 heteroatoms. The van der Waals surface area contributed by atoms with Crippen LogP contribution in [0.15, 0.2) is 48.0 Å². The molecule has 0 heterocycles. The number of nitriles is 1. The van der Waals surface area contributed by atoms with Crippen LogP contribution in [0.3, 0.4) is 0 Å². The maximum Gasteiger partial charge on any atom is 0.418 e. The molecule has 0 aliphatic heterocycles. The van der Waals surface area contributed by atoms with Crippen LogP contribution in [0.5, 0.6) is 0 Å². The first-order valence-corrected chi connectivity index (χ1v) is 7.54. The van der Waals surface area contributed by atoms with Crippen LogP contribution in [0.25, 0.3) is 6.08 Å². The molecule has 0 saturated heterocycles. The van der Waals surface area contributed by atoms with Crippen LogP contribution in [0.2, 0.25) is 5.02 Å². The van der Waals surface area contributed by atoms with Gasteiger partial charge in [-0.25, -0.2) is 0 Å². The standard InChI is InChI=1S/C17H9ClF3N3O3/c18-13-6-5-10(8-15(13)24(26)27)7-11(9-22)16(25)23-14-4-2-1-3-12(14)17(19,20)21/h1-8H,(H,23,25). The number of carbonyl (C=O) groups excluding carboxylic acids is 1. The molecule has 138 valence electrons. The number of rotatable bonds is 4. The van der Waals surface area contributed by atoms with Gasteiger partial charge in [-0.2, -0.15) is 18.4 Å². The van der Waals surface area contributed by atoms with E-state index in [0.717, 1.165) is 30.3 Å². The third-order valence-electron chi connectivity index (χ3n) is 3.32. The Morgan fingerprint density at radius 1 is 1.26 bits per heavy atom. The summed E-state index contributed by atoms with van der Waals surface area (Å²) in [6, 6.07) is 9.41. The minimum absolute atomic E-state index is 0.113. The van der Waals surface area contributed by atoms with Gasteiger partial charge in [-0.1, -0.05) is 29.8 Å². The number of nitrogens with zero attached hydrogens (tertiary/aromatic N) is 2. The lowest BCUT2D eigenvalue weighted by atomic mass is 10.1. The van der Waals surface area contributed by atoms with Crippen molar-refractivity contribution in [1.29, 1.82) is 5.26 Å². The van der Waals surface area contributed by atoms with Gasteiger partial charge in [0.25, 0.3) is 11.6 Å². The van der Waals surface area contributed by atoms with Gasteiger partial charge in [-0.15, -0.1) is 0 Å². The van der Waals surface area contributed by atoms with E-state index in [1.807, 2.05) is 5.32 Å². The van der Waals surface area contributed by atoms with Crippen LogP contribution in [0.1, 0.15) is 11.1 Å².